The molecule has 1 saturated heterocycles. The third-order valence-corrected chi connectivity index (χ3v) is 6.22. The quantitative estimate of drug-likeness (QED) is 0.581. The first-order valence-corrected chi connectivity index (χ1v) is 10.5. The molecule has 0 saturated carbocycles. The van der Waals surface area contributed by atoms with Crippen molar-refractivity contribution in [1.29, 1.82) is 0 Å². The first-order chi connectivity index (χ1) is 13.6. The molecule has 2 aromatic carbocycles. The molecular formula is C21H17BrN2O3S. The van der Waals surface area contributed by atoms with Crippen molar-refractivity contribution in [2.24, 2.45) is 0 Å². The monoisotopic (exact) mass is 456 g/mol. The zero-order valence-corrected chi connectivity index (χ0v) is 17.2. The van der Waals surface area contributed by atoms with E-state index in [1.54, 1.807) is 35.1 Å². The maximum Gasteiger partial charge on any atom is 0.255 e. The highest BCUT2D eigenvalue weighted by molar-refractivity contribution is 9.10. The Morgan fingerprint density at radius 1 is 1.14 bits per heavy atom. The van der Waals surface area contributed by atoms with Crippen LogP contribution in [0.25, 0.3) is 0 Å². The van der Waals surface area contributed by atoms with Gasteiger partial charge in [-0.25, -0.2) is 0 Å². The molecule has 0 unspecified atom stereocenters. The number of furan rings is 1. The number of nitrogens with one attached hydrogen (secondary N) is 1. The van der Waals surface area contributed by atoms with Crippen molar-refractivity contribution in [2.45, 2.75) is 11.9 Å². The summed E-state index contributed by atoms with van der Waals surface area (Å²) < 4.78 is 6.34. The lowest BCUT2D eigenvalue weighted by Crippen LogP contribution is -2.27. The highest BCUT2D eigenvalue weighted by Gasteiger charge is 2.33. The molecule has 7 heteroatoms. The normalized spacial score (nSPS) is 16.4. The predicted octanol–water partition coefficient (Wildman–Crippen LogP) is 5.07. The SMILES string of the molecule is O=C(Nc1ccc(Br)cc1)c1ccc([C@@H]2SCC(=O)N2Cc2ccco2)cc1. The van der Waals surface area contributed by atoms with Crippen LogP contribution in [0.5, 0.6) is 0 Å². The topological polar surface area (TPSA) is 62.6 Å². The second kappa shape index (κ2) is 8.24. The van der Waals surface area contributed by atoms with Gasteiger partial charge in [0.2, 0.25) is 5.91 Å². The Balaban J connectivity index is 1.46. The molecule has 0 aliphatic carbocycles. The van der Waals surface area contributed by atoms with Crippen LogP contribution in [0.2, 0.25) is 0 Å². The van der Waals surface area contributed by atoms with Crippen LogP contribution in [0.3, 0.4) is 0 Å². The number of carbonyl (C=O) groups excluding carboxylic acids is 2. The molecule has 2 amide bonds. The fourth-order valence-electron chi connectivity index (χ4n) is 3.01. The number of nitrogens with zero attached hydrogens (tertiary/aromatic N) is 1. The third-order valence-electron chi connectivity index (χ3n) is 4.43. The first kappa shape index (κ1) is 18.8. The number of thioether (sulfide) groups is 1. The summed E-state index contributed by atoms with van der Waals surface area (Å²) in [6, 6.07) is 18.5. The lowest BCUT2D eigenvalue weighted by molar-refractivity contribution is -0.128. The van der Waals surface area contributed by atoms with Gasteiger partial charge in [0, 0.05) is 15.7 Å². The molecule has 1 N–H and O–H groups in total. The van der Waals surface area contributed by atoms with Crippen molar-refractivity contribution in [3.63, 3.8) is 0 Å². The van der Waals surface area contributed by atoms with Crippen molar-refractivity contribution < 1.29 is 14.0 Å². The van der Waals surface area contributed by atoms with Gasteiger partial charge >= 0.3 is 0 Å². The summed E-state index contributed by atoms with van der Waals surface area (Å²) in [4.78, 5) is 26.5. The predicted molar refractivity (Wildman–Crippen MR) is 113 cm³/mol. The Hall–Kier alpha value is -2.51. The maximum atomic E-state index is 12.5. The molecule has 1 atom stereocenters. The van der Waals surface area contributed by atoms with E-state index < -0.39 is 0 Å². The lowest BCUT2D eigenvalue weighted by atomic mass is 10.1. The number of hydrogen-bond acceptors (Lipinski definition) is 4. The van der Waals surface area contributed by atoms with Gasteiger partial charge in [-0.05, 0) is 54.1 Å². The molecule has 0 bridgehead atoms. The van der Waals surface area contributed by atoms with E-state index in [1.807, 2.05) is 48.5 Å². The van der Waals surface area contributed by atoms with Gasteiger partial charge in [0.05, 0.1) is 18.6 Å². The second-order valence-corrected chi connectivity index (χ2v) is 8.33. The van der Waals surface area contributed by atoms with E-state index in [0.29, 0.717) is 17.9 Å². The zero-order chi connectivity index (χ0) is 19.5. The summed E-state index contributed by atoms with van der Waals surface area (Å²) in [6.07, 6.45) is 1.61. The fourth-order valence-corrected chi connectivity index (χ4v) is 4.46. The van der Waals surface area contributed by atoms with E-state index >= 15 is 0 Å². The smallest absolute Gasteiger partial charge is 0.255 e. The average molecular weight is 457 g/mol. The van der Waals surface area contributed by atoms with Gasteiger partial charge in [0.15, 0.2) is 0 Å². The summed E-state index contributed by atoms with van der Waals surface area (Å²) in [5.74, 6) is 1.11. The number of rotatable bonds is 5. The summed E-state index contributed by atoms with van der Waals surface area (Å²) in [7, 11) is 0. The number of hydrogen-bond donors (Lipinski definition) is 1. The third kappa shape index (κ3) is 4.15. The molecular weight excluding hydrogens is 440 g/mol. The molecule has 5 nitrogen and oxygen atoms in total. The van der Waals surface area contributed by atoms with Crippen LogP contribution in [-0.2, 0) is 11.3 Å². The van der Waals surface area contributed by atoms with E-state index in [2.05, 4.69) is 21.2 Å². The summed E-state index contributed by atoms with van der Waals surface area (Å²) >= 11 is 4.96. The van der Waals surface area contributed by atoms with Crippen LogP contribution in [0.4, 0.5) is 5.69 Å². The standard InChI is InChI=1S/C21H17BrN2O3S/c22-16-7-9-17(10-8-16)23-20(26)14-3-5-15(6-4-14)21-24(19(25)13-28-21)12-18-2-1-11-27-18/h1-11,21H,12-13H2,(H,23,26)/t21-/m0/s1. The Labute approximate surface area is 175 Å². The Kier molecular flexibility index (Phi) is 5.54. The fraction of sp³-hybridized carbons (Fsp3) is 0.143. The van der Waals surface area contributed by atoms with E-state index in [-0.39, 0.29) is 17.2 Å². The van der Waals surface area contributed by atoms with Crippen molar-refractivity contribution in [2.75, 3.05) is 11.1 Å². The summed E-state index contributed by atoms with van der Waals surface area (Å²) in [5.41, 5.74) is 2.29. The molecule has 4 rings (SSSR count). The van der Waals surface area contributed by atoms with Gasteiger partial charge in [-0.1, -0.05) is 28.1 Å². The van der Waals surface area contributed by atoms with Gasteiger partial charge in [0.1, 0.15) is 11.1 Å². The molecule has 1 aliphatic rings. The maximum absolute atomic E-state index is 12.5. The molecule has 1 aliphatic heterocycles. The van der Waals surface area contributed by atoms with Crippen LogP contribution in [-0.4, -0.2) is 22.5 Å². The highest BCUT2D eigenvalue weighted by atomic mass is 79.9. The molecule has 1 fully saturated rings. The van der Waals surface area contributed by atoms with Crippen molar-refractivity contribution in [1.82, 2.24) is 4.90 Å². The minimum atomic E-state index is -0.170. The molecule has 142 valence electrons. The first-order valence-electron chi connectivity index (χ1n) is 8.70. The number of anilines is 1. The minimum Gasteiger partial charge on any atom is -0.467 e. The minimum absolute atomic E-state index is 0.0822. The van der Waals surface area contributed by atoms with Crippen molar-refractivity contribution in [3.05, 3.63) is 88.3 Å². The van der Waals surface area contributed by atoms with E-state index in [0.717, 1.165) is 21.5 Å². The zero-order valence-electron chi connectivity index (χ0n) is 14.8. The molecule has 0 radical (unpaired) electrons. The van der Waals surface area contributed by atoms with Crippen LogP contribution < -0.4 is 5.32 Å². The Morgan fingerprint density at radius 2 is 1.89 bits per heavy atom. The Bertz CT molecular complexity index is 972. The van der Waals surface area contributed by atoms with Crippen LogP contribution in [0.15, 0.2) is 75.8 Å². The highest BCUT2D eigenvalue weighted by Crippen LogP contribution is 2.39. The molecule has 2 heterocycles. The number of halogens is 1. The van der Waals surface area contributed by atoms with Crippen molar-refractivity contribution >= 4 is 45.2 Å². The van der Waals surface area contributed by atoms with Gasteiger partial charge in [-0.2, -0.15) is 0 Å². The molecule has 28 heavy (non-hydrogen) atoms. The van der Waals surface area contributed by atoms with Crippen molar-refractivity contribution in [3.8, 4) is 0 Å². The van der Waals surface area contributed by atoms with Gasteiger partial charge in [-0.15, -0.1) is 11.8 Å². The number of amides is 2. The molecule has 1 aromatic heterocycles. The van der Waals surface area contributed by atoms with Crippen LogP contribution in [0.1, 0.15) is 27.1 Å². The van der Waals surface area contributed by atoms with Crippen LogP contribution >= 0.6 is 27.7 Å². The number of benzene rings is 2. The van der Waals surface area contributed by atoms with E-state index in [9.17, 15) is 9.59 Å². The largest absolute Gasteiger partial charge is 0.467 e. The lowest BCUT2D eigenvalue weighted by Gasteiger charge is -2.23. The number of carbonyl (C=O) groups is 2. The van der Waals surface area contributed by atoms with E-state index in [1.165, 1.54) is 0 Å². The average Bonchev–Trinajstić information content (AvgIpc) is 3.35. The summed E-state index contributed by atoms with van der Waals surface area (Å²) in [5, 5.41) is 2.80. The molecule has 3 aromatic rings. The van der Waals surface area contributed by atoms with Gasteiger partial charge < -0.3 is 14.6 Å². The second-order valence-electron chi connectivity index (χ2n) is 6.35. The Morgan fingerprint density at radius 3 is 2.57 bits per heavy atom. The van der Waals surface area contributed by atoms with E-state index in [4.69, 9.17) is 4.42 Å². The van der Waals surface area contributed by atoms with Gasteiger partial charge in [-0.3, -0.25) is 9.59 Å². The van der Waals surface area contributed by atoms with Crippen LogP contribution in [0, 0.1) is 0 Å². The van der Waals surface area contributed by atoms with Gasteiger partial charge in [0.25, 0.3) is 5.91 Å². The summed E-state index contributed by atoms with van der Waals surface area (Å²) in [6.45, 7) is 0.440. The molecule has 0 spiro atoms.